The summed E-state index contributed by atoms with van der Waals surface area (Å²) < 4.78 is 0. The second-order valence-corrected chi connectivity index (χ2v) is 7.32. The highest BCUT2D eigenvalue weighted by molar-refractivity contribution is 7.99. The van der Waals surface area contributed by atoms with E-state index in [-0.39, 0.29) is 30.3 Å². The number of carbonyl (C=O) groups is 2. The van der Waals surface area contributed by atoms with E-state index in [9.17, 15) is 9.59 Å². The average molecular weight is 406 g/mol. The van der Waals surface area contributed by atoms with Crippen LogP contribution in [0.2, 0.25) is 0 Å². The molecule has 1 heterocycles. The molecular formula is C20H24ClN3O2S. The molecule has 0 aromatic heterocycles. The maximum Gasteiger partial charge on any atom is 0.250 e. The van der Waals surface area contributed by atoms with E-state index in [0.29, 0.717) is 12.3 Å². The molecule has 1 unspecified atom stereocenters. The zero-order valence-electron chi connectivity index (χ0n) is 15.3. The van der Waals surface area contributed by atoms with Crippen LogP contribution < -0.4 is 15.5 Å². The quantitative estimate of drug-likeness (QED) is 0.803. The van der Waals surface area contributed by atoms with Gasteiger partial charge < -0.3 is 15.5 Å². The minimum atomic E-state index is -0.556. The van der Waals surface area contributed by atoms with Crippen LogP contribution in [-0.4, -0.2) is 36.7 Å². The largest absolute Gasteiger partial charge is 0.342 e. The van der Waals surface area contributed by atoms with Crippen LogP contribution in [0.25, 0.3) is 0 Å². The molecule has 2 N–H and O–H groups in total. The third kappa shape index (κ3) is 5.03. The summed E-state index contributed by atoms with van der Waals surface area (Å²) in [6.07, 6.45) is 0. The normalized spacial score (nSPS) is 17.3. The first-order valence-electron chi connectivity index (χ1n) is 8.65. The Labute approximate surface area is 170 Å². The predicted octanol–water partition coefficient (Wildman–Crippen LogP) is 2.84. The fourth-order valence-corrected chi connectivity index (χ4v) is 3.89. The number of para-hydroxylation sites is 1. The fourth-order valence-electron chi connectivity index (χ4n) is 2.81. The Morgan fingerprint density at radius 1 is 1.19 bits per heavy atom. The van der Waals surface area contributed by atoms with Crippen molar-refractivity contribution in [2.45, 2.75) is 30.4 Å². The van der Waals surface area contributed by atoms with Crippen molar-refractivity contribution < 1.29 is 9.59 Å². The van der Waals surface area contributed by atoms with E-state index in [1.807, 2.05) is 54.6 Å². The Balaban J connectivity index is 0.00000261. The molecule has 2 aromatic carbocycles. The van der Waals surface area contributed by atoms with Gasteiger partial charge in [0.1, 0.15) is 6.04 Å². The molecule has 2 aromatic rings. The molecule has 0 aliphatic carbocycles. The predicted molar refractivity (Wildman–Crippen MR) is 112 cm³/mol. The molecule has 2 atom stereocenters. The zero-order valence-corrected chi connectivity index (χ0v) is 17.0. The summed E-state index contributed by atoms with van der Waals surface area (Å²) in [5, 5.41) is 5.81. The number of nitrogens with zero attached hydrogens (tertiary/aromatic N) is 1. The number of hydrogen-bond acceptors (Lipinski definition) is 4. The maximum atomic E-state index is 13.2. The molecule has 7 heteroatoms. The average Bonchev–Trinajstić information content (AvgIpc) is 2.80. The molecule has 0 spiro atoms. The molecule has 1 aliphatic rings. The van der Waals surface area contributed by atoms with Gasteiger partial charge in [0.25, 0.3) is 5.91 Å². The monoisotopic (exact) mass is 405 g/mol. The maximum absolute atomic E-state index is 13.2. The van der Waals surface area contributed by atoms with Crippen LogP contribution in [0.3, 0.4) is 0 Å². The molecule has 2 amide bonds. The number of anilines is 1. The summed E-state index contributed by atoms with van der Waals surface area (Å²) in [6, 6.07) is 16.9. The first kappa shape index (κ1) is 21.3. The van der Waals surface area contributed by atoms with E-state index in [2.05, 4.69) is 10.6 Å². The minimum absolute atomic E-state index is 0. The molecule has 0 saturated heterocycles. The Morgan fingerprint density at radius 3 is 2.56 bits per heavy atom. The second-order valence-electron chi connectivity index (χ2n) is 6.26. The van der Waals surface area contributed by atoms with Crippen LogP contribution in [0.5, 0.6) is 0 Å². The molecule has 3 rings (SSSR count). The number of halogens is 1. The molecule has 1 aliphatic heterocycles. The van der Waals surface area contributed by atoms with Gasteiger partial charge >= 0.3 is 0 Å². The van der Waals surface area contributed by atoms with E-state index in [1.54, 1.807) is 30.6 Å². The number of benzene rings is 2. The first-order valence-corrected chi connectivity index (χ1v) is 9.63. The zero-order chi connectivity index (χ0) is 18.5. The van der Waals surface area contributed by atoms with Crippen molar-refractivity contribution in [2.75, 3.05) is 17.7 Å². The van der Waals surface area contributed by atoms with Crippen molar-refractivity contribution in [3.05, 3.63) is 60.2 Å². The van der Waals surface area contributed by atoms with Gasteiger partial charge in [0.15, 0.2) is 0 Å². The first-order chi connectivity index (χ1) is 12.6. The van der Waals surface area contributed by atoms with Crippen LogP contribution in [-0.2, 0) is 16.1 Å². The third-order valence-electron chi connectivity index (χ3n) is 4.45. The molecule has 0 radical (unpaired) electrons. The van der Waals surface area contributed by atoms with E-state index >= 15 is 0 Å². The van der Waals surface area contributed by atoms with E-state index in [0.717, 1.165) is 16.1 Å². The molecular weight excluding hydrogens is 382 g/mol. The Hall–Kier alpha value is -2.02. The summed E-state index contributed by atoms with van der Waals surface area (Å²) in [4.78, 5) is 28.3. The molecule has 0 saturated carbocycles. The SMILES string of the molecule is CN[C@@H](C)C(=O)NC1CSc2ccccc2N(Cc2ccccc2)C1=O.Cl. The highest BCUT2D eigenvalue weighted by Crippen LogP contribution is 2.35. The van der Waals surface area contributed by atoms with Gasteiger partial charge in [0.05, 0.1) is 18.3 Å². The molecule has 5 nitrogen and oxygen atoms in total. The van der Waals surface area contributed by atoms with Gasteiger partial charge in [-0.25, -0.2) is 0 Å². The number of carbonyl (C=O) groups excluding carboxylic acids is 2. The van der Waals surface area contributed by atoms with Gasteiger partial charge in [-0.1, -0.05) is 42.5 Å². The summed E-state index contributed by atoms with van der Waals surface area (Å²) in [5.41, 5.74) is 1.95. The van der Waals surface area contributed by atoms with Crippen LogP contribution in [0, 0.1) is 0 Å². The molecule has 0 fully saturated rings. The van der Waals surface area contributed by atoms with E-state index in [1.165, 1.54) is 0 Å². The van der Waals surface area contributed by atoms with Gasteiger partial charge in [-0.3, -0.25) is 9.59 Å². The molecule has 144 valence electrons. The summed E-state index contributed by atoms with van der Waals surface area (Å²) in [6.45, 7) is 2.26. The van der Waals surface area contributed by atoms with Crippen LogP contribution in [0.4, 0.5) is 5.69 Å². The van der Waals surface area contributed by atoms with Gasteiger partial charge in [-0.05, 0) is 31.7 Å². The fraction of sp³-hybridized carbons (Fsp3) is 0.300. The van der Waals surface area contributed by atoms with Gasteiger partial charge in [-0.15, -0.1) is 24.2 Å². The number of thioether (sulfide) groups is 1. The number of nitrogens with one attached hydrogen (secondary N) is 2. The van der Waals surface area contributed by atoms with Crippen molar-refractivity contribution in [3.63, 3.8) is 0 Å². The van der Waals surface area contributed by atoms with Gasteiger partial charge in [0.2, 0.25) is 5.91 Å². The number of amides is 2. The second kappa shape index (κ2) is 9.78. The van der Waals surface area contributed by atoms with Crippen molar-refractivity contribution in [1.82, 2.24) is 10.6 Å². The molecule has 0 bridgehead atoms. The summed E-state index contributed by atoms with van der Waals surface area (Å²) >= 11 is 1.60. The van der Waals surface area contributed by atoms with E-state index < -0.39 is 6.04 Å². The minimum Gasteiger partial charge on any atom is -0.342 e. The lowest BCUT2D eigenvalue weighted by Crippen LogP contribution is -2.53. The van der Waals surface area contributed by atoms with Crippen LogP contribution in [0.1, 0.15) is 12.5 Å². The topological polar surface area (TPSA) is 61.4 Å². The lowest BCUT2D eigenvalue weighted by molar-refractivity contribution is -0.128. The highest BCUT2D eigenvalue weighted by atomic mass is 35.5. The number of fused-ring (bicyclic) bond motifs is 1. The smallest absolute Gasteiger partial charge is 0.250 e. The number of rotatable bonds is 5. The molecule has 27 heavy (non-hydrogen) atoms. The Bertz CT molecular complexity index is 788. The Kier molecular flexibility index (Phi) is 7.71. The van der Waals surface area contributed by atoms with Crippen molar-refractivity contribution >= 4 is 41.7 Å². The highest BCUT2D eigenvalue weighted by Gasteiger charge is 2.32. The van der Waals surface area contributed by atoms with Gasteiger partial charge in [0, 0.05) is 10.6 Å². The number of hydrogen-bond donors (Lipinski definition) is 2. The lowest BCUT2D eigenvalue weighted by atomic mass is 10.1. The summed E-state index contributed by atoms with van der Waals surface area (Å²) in [5.74, 6) is 0.267. The summed E-state index contributed by atoms with van der Waals surface area (Å²) in [7, 11) is 1.73. The van der Waals surface area contributed by atoms with Crippen molar-refractivity contribution in [2.24, 2.45) is 0 Å². The third-order valence-corrected chi connectivity index (χ3v) is 5.61. The lowest BCUT2D eigenvalue weighted by Gasteiger charge is -2.26. The standard InChI is InChI=1S/C20H23N3O2S.ClH/c1-14(21-2)19(24)22-16-13-26-18-11-7-6-10-17(18)23(20(16)25)12-15-8-4-3-5-9-15;/h3-11,14,16,21H,12-13H2,1-2H3,(H,22,24);1H/t14-,16?;/m0./s1. The van der Waals surface area contributed by atoms with E-state index in [4.69, 9.17) is 0 Å². The number of likely N-dealkylation sites (N-methyl/N-ethyl adjacent to an activating group) is 1. The van der Waals surface area contributed by atoms with Gasteiger partial charge in [-0.2, -0.15) is 0 Å². The van der Waals surface area contributed by atoms with Crippen molar-refractivity contribution in [1.29, 1.82) is 0 Å². The van der Waals surface area contributed by atoms with Crippen LogP contribution in [0.15, 0.2) is 59.5 Å². The van der Waals surface area contributed by atoms with Crippen molar-refractivity contribution in [3.8, 4) is 0 Å². The van der Waals surface area contributed by atoms with Crippen LogP contribution >= 0.6 is 24.2 Å². The Morgan fingerprint density at radius 2 is 1.85 bits per heavy atom.